The lowest BCUT2D eigenvalue weighted by Crippen LogP contribution is -2.53. The molecule has 0 bridgehead atoms. The number of amides is 1. The van der Waals surface area contributed by atoms with E-state index in [1.54, 1.807) is 13.8 Å². The zero-order valence-corrected chi connectivity index (χ0v) is 14.7. The Bertz CT molecular complexity index is 679. The quantitative estimate of drug-likeness (QED) is 0.858. The maximum atomic E-state index is 12.5. The summed E-state index contributed by atoms with van der Waals surface area (Å²) in [6, 6.07) is 2.13. The zero-order valence-electron chi connectivity index (χ0n) is 14.7. The standard InChI is InChI=1S/C18H25N3O4/c1-11-12(2)25-18(14(11)8-19)20-17(23)9-21-6-7-24-10-15(21)13-4-3-5-16(13)22/h13,15-16,22H,3-7,9-10H2,1-2H3,(H,20,23)/t13-,15-,16-/m1/s1. The van der Waals surface area contributed by atoms with E-state index in [-0.39, 0.29) is 36.4 Å². The number of rotatable bonds is 4. The number of nitrogens with one attached hydrogen (secondary N) is 1. The fraction of sp³-hybridized carbons (Fsp3) is 0.667. The molecule has 7 nitrogen and oxygen atoms in total. The summed E-state index contributed by atoms with van der Waals surface area (Å²) in [5.41, 5.74) is 1.12. The lowest BCUT2D eigenvalue weighted by molar-refractivity contribution is -0.121. The molecule has 3 rings (SSSR count). The van der Waals surface area contributed by atoms with Gasteiger partial charge in [-0.1, -0.05) is 6.42 Å². The Morgan fingerprint density at radius 3 is 2.92 bits per heavy atom. The molecular formula is C18H25N3O4. The monoisotopic (exact) mass is 347 g/mol. The fourth-order valence-electron chi connectivity index (χ4n) is 3.87. The third-order valence-corrected chi connectivity index (χ3v) is 5.40. The minimum absolute atomic E-state index is 0.0486. The summed E-state index contributed by atoms with van der Waals surface area (Å²) < 4.78 is 11.1. The average molecular weight is 347 g/mol. The van der Waals surface area contributed by atoms with E-state index >= 15 is 0 Å². The van der Waals surface area contributed by atoms with Gasteiger partial charge in [0.15, 0.2) is 0 Å². The third-order valence-electron chi connectivity index (χ3n) is 5.40. The smallest absolute Gasteiger partial charge is 0.240 e. The molecule has 25 heavy (non-hydrogen) atoms. The fourth-order valence-corrected chi connectivity index (χ4v) is 3.87. The molecule has 1 amide bonds. The first-order valence-corrected chi connectivity index (χ1v) is 8.81. The predicted molar refractivity (Wildman–Crippen MR) is 91.1 cm³/mol. The van der Waals surface area contributed by atoms with E-state index in [0.29, 0.717) is 31.1 Å². The highest BCUT2D eigenvalue weighted by molar-refractivity contribution is 5.92. The molecule has 0 radical (unpaired) electrons. The molecule has 1 aliphatic heterocycles. The van der Waals surface area contributed by atoms with Crippen molar-refractivity contribution in [1.82, 2.24) is 4.90 Å². The maximum absolute atomic E-state index is 12.5. The molecule has 2 fully saturated rings. The summed E-state index contributed by atoms with van der Waals surface area (Å²) in [7, 11) is 0. The van der Waals surface area contributed by atoms with Crippen LogP contribution in [0.3, 0.4) is 0 Å². The van der Waals surface area contributed by atoms with Gasteiger partial charge >= 0.3 is 0 Å². The zero-order chi connectivity index (χ0) is 18.0. The van der Waals surface area contributed by atoms with Gasteiger partial charge in [0.1, 0.15) is 17.4 Å². The number of aliphatic hydroxyl groups is 1. The van der Waals surface area contributed by atoms with Crippen molar-refractivity contribution in [2.45, 2.75) is 45.3 Å². The first-order valence-electron chi connectivity index (χ1n) is 8.81. The Kier molecular flexibility index (Phi) is 5.42. The normalized spacial score (nSPS) is 27.2. The van der Waals surface area contributed by atoms with Crippen LogP contribution in [0.4, 0.5) is 5.88 Å². The molecule has 0 spiro atoms. The van der Waals surface area contributed by atoms with Crippen molar-refractivity contribution < 1.29 is 19.1 Å². The van der Waals surface area contributed by atoms with E-state index in [2.05, 4.69) is 16.3 Å². The van der Waals surface area contributed by atoms with Crippen LogP contribution in [-0.4, -0.2) is 54.4 Å². The highest BCUT2D eigenvalue weighted by Crippen LogP contribution is 2.32. The largest absolute Gasteiger partial charge is 0.444 e. The van der Waals surface area contributed by atoms with Gasteiger partial charge in [0, 0.05) is 24.1 Å². The third kappa shape index (κ3) is 3.71. The van der Waals surface area contributed by atoms with Gasteiger partial charge in [0.2, 0.25) is 11.8 Å². The van der Waals surface area contributed by atoms with Crippen LogP contribution in [0.5, 0.6) is 0 Å². The molecule has 1 saturated heterocycles. The van der Waals surface area contributed by atoms with Crippen molar-refractivity contribution >= 4 is 11.8 Å². The number of furan rings is 1. The Morgan fingerprint density at radius 1 is 1.44 bits per heavy atom. The second kappa shape index (κ2) is 7.56. The van der Waals surface area contributed by atoms with E-state index in [1.165, 1.54) is 0 Å². The Hall–Kier alpha value is -1.88. The molecule has 2 N–H and O–H groups in total. The van der Waals surface area contributed by atoms with E-state index in [4.69, 9.17) is 9.15 Å². The lowest BCUT2D eigenvalue weighted by Gasteiger charge is -2.39. The van der Waals surface area contributed by atoms with Crippen molar-refractivity contribution in [3.05, 3.63) is 16.9 Å². The van der Waals surface area contributed by atoms with E-state index in [9.17, 15) is 15.2 Å². The number of ether oxygens (including phenoxy) is 1. The summed E-state index contributed by atoms with van der Waals surface area (Å²) in [6.45, 7) is 5.54. The Morgan fingerprint density at radius 2 is 2.24 bits per heavy atom. The average Bonchev–Trinajstić information content (AvgIpc) is 3.11. The van der Waals surface area contributed by atoms with Crippen LogP contribution >= 0.6 is 0 Å². The van der Waals surface area contributed by atoms with Gasteiger partial charge < -0.3 is 14.3 Å². The second-order valence-corrected chi connectivity index (χ2v) is 6.92. The maximum Gasteiger partial charge on any atom is 0.240 e. The molecule has 136 valence electrons. The number of carbonyl (C=O) groups excluding carboxylic acids is 1. The molecule has 2 heterocycles. The van der Waals surface area contributed by atoms with Gasteiger partial charge in [-0.2, -0.15) is 5.26 Å². The van der Waals surface area contributed by atoms with E-state index < -0.39 is 0 Å². The molecule has 1 aromatic heterocycles. The SMILES string of the molecule is Cc1oc(NC(=O)CN2CCOC[C@@H]2[C@H]2CCC[C@H]2O)c(C#N)c1C. The molecule has 0 aromatic carbocycles. The van der Waals surface area contributed by atoms with Crippen LogP contribution < -0.4 is 5.32 Å². The summed E-state index contributed by atoms with van der Waals surface area (Å²) in [6.07, 6.45) is 2.47. The summed E-state index contributed by atoms with van der Waals surface area (Å²) >= 11 is 0. The first kappa shape index (κ1) is 17.9. The van der Waals surface area contributed by atoms with Crippen molar-refractivity contribution in [2.75, 3.05) is 31.6 Å². The van der Waals surface area contributed by atoms with Crippen LogP contribution in [0.1, 0.15) is 36.1 Å². The molecule has 1 saturated carbocycles. The van der Waals surface area contributed by atoms with Gasteiger partial charge in [-0.3, -0.25) is 15.0 Å². The lowest BCUT2D eigenvalue weighted by atomic mass is 9.94. The van der Waals surface area contributed by atoms with Crippen molar-refractivity contribution in [1.29, 1.82) is 5.26 Å². The predicted octanol–water partition coefficient (Wildman–Crippen LogP) is 1.57. The molecule has 1 aliphatic carbocycles. The van der Waals surface area contributed by atoms with Crippen LogP contribution in [0.2, 0.25) is 0 Å². The van der Waals surface area contributed by atoms with Gasteiger partial charge in [-0.25, -0.2) is 0 Å². The van der Waals surface area contributed by atoms with E-state index in [0.717, 1.165) is 24.8 Å². The molecule has 0 unspecified atom stereocenters. The minimum Gasteiger partial charge on any atom is -0.444 e. The number of nitrogens with zero attached hydrogens (tertiary/aromatic N) is 2. The number of aryl methyl sites for hydroxylation is 1. The highest BCUT2D eigenvalue weighted by atomic mass is 16.5. The van der Waals surface area contributed by atoms with Gasteiger partial charge in [-0.05, 0) is 26.7 Å². The summed E-state index contributed by atoms with van der Waals surface area (Å²) in [5, 5.41) is 22.2. The first-order chi connectivity index (χ1) is 12.0. The van der Waals surface area contributed by atoms with Gasteiger partial charge in [-0.15, -0.1) is 0 Å². The van der Waals surface area contributed by atoms with E-state index in [1.807, 2.05) is 0 Å². The number of aliphatic hydroxyl groups excluding tert-OH is 1. The number of carbonyl (C=O) groups is 1. The van der Waals surface area contributed by atoms with Gasteiger partial charge in [0.05, 0.1) is 25.9 Å². The van der Waals surface area contributed by atoms with Gasteiger partial charge in [0.25, 0.3) is 0 Å². The van der Waals surface area contributed by atoms with Crippen LogP contribution in [0, 0.1) is 31.1 Å². The summed E-state index contributed by atoms with van der Waals surface area (Å²) in [5.74, 6) is 0.777. The van der Waals surface area contributed by atoms with Crippen LogP contribution in [0.15, 0.2) is 4.42 Å². The number of nitriles is 1. The number of anilines is 1. The Labute approximate surface area is 147 Å². The topological polar surface area (TPSA) is 98.7 Å². The molecule has 2 aliphatic rings. The number of hydrogen-bond acceptors (Lipinski definition) is 6. The Balaban J connectivity index is 1.67. The molecule has 3 atom stereocenters. The van der Waals surface area contributed by atoms with Crippen LogP contribution in [0.25, 0.3) is 0 Å². The molecular weight excluding hydrogens is 322 g/mol. The number of hydrogen-bond donors (Lipinski definition) is 2. The van der Waals surface area contributed by atoms with Crippen molar-refractivity contribution in [2.24, 2.45) is 5.92 Å². The van der Waals surface area contributed by atoms with Crippen molar-refractivity contribution in [3.63, 3.8) is 0 Å². The number of morpholine rings is 1. The second-order valence-electron chi connectivity index (χ2n) is 6.92. The summed E-state index contributed by atoms with van der Waals surface area (Å²) in [4.78, 5) is 14.6. The van der Waals surface area contributed by atoms with Crippen LogP contribution in [-0.2, 0) is 9.53 Å². The highest BCUT2D eigenvalue weighted by Gasteiger charge is 2.38. The minimum atomic E-state index is -0.321. The van der Waals surface area contributed by atoms with Crippen molar-refractivity contribution in [3.8, 4) is 6.07 Å². The molecule has 1 aromatic rings. The molecule has 7 heteroatoms.